The number of urea groups is 1. The normalized spacial score (nSPS) is 21.0. The molecule has 1 saturated heterocycles. The lowest BCUT2D eigenvalue weighted by atomic mass is 10.0. The first-order valence-corrected chi connectivity index (χ1v) is 9.06. The molecule has 4 N–H and O–H groups in total. The molecule has 1 aliphatic heterocycles. The monoisotopic (exact) mass is 341 g/mol. The summed E-state index contributed by atoms with van der Waals surface area (Å²) in [7, 11) is 0. The van der Waals surface area contributed by atoms with Gasteiger partial charge in [-0.05, 0) is 36.8 Å². The molecule has 5 nitrogen and oxygen atoms in total. The summed E-state index contributed by atoms with van der Waals surface area (Å²) in [6, 6.07) is 6.35. The molecule has 1 fully saturated rings. The Hall–Kier alpha value is -1.31. The Morgan fingerprint density at radius 3 is 3.04 bits per heavy atom. The van der Waals surface area contributed by atoms with E-state index in [9.17, 15) is 14.3 Å². The molecule has 2 amide bonds. The van der Waals surface area contributed by atoms with Crippen LogP contribution < -0.4 is 16.0 Å². The van der Waals surface area contributed by atoms with Gasteiger partial charge in [0, 0.05) is 18.8 Å². The summed E-state index contributed by atoms with van der Waals surface area (Å²) in [6.45, 7) is 1.88. The highest BCUT2D eigenvalue weighted by atomic mass is 32.2. The number of amides is 2. The summed E-state index contributed by atoms with van der Waals surface area (Å²) >= 11 is 1.65. The van der Waals surface area contributed by atoms with Crippen LogP contribution in [-0.2, 0) is 5.75 Å². The second kappa shape index (κ2) is 9.75. The Kier molecular flexibility index (Phi) is 7.64. The molecule has 0 spiro atoms. The Labute approximate surface area is 140 Å². The Balaban J connectivity index is 1.53. The highest BCUT2D eigenvalue weighted by Gasteiger charge is 2.23. The van der Waals surface area contributed by atoms with Gasteiger partial charge in [0.05, 0.1) is 12.1 Å². The average molecular weight is 341 g/mol. The third-order valence-electron chi connectivity index (χ3n) is 3.73. The predicted octanol–water partition coefficient (Wildman–Crippen LogP) is 1.47. The lowest BCUT2D eigenvalue weighted by Gasteiger charge is -2.29. The van der Waals surface area contributed by atoms with Gasteiger partial charge in [-0.15, -0.1) is 0 Å². The Morgan fingerprint density at radius 1 is 1.43 bits per heavy atom. The lowest BCUT2D eigenvalue weighted by Crippen LogP contribution is -2.54. The molecular formula is C16H24FN3O2S. The maximum atomic E-state index is 13.4. The number of β-amino-alcohol motifs (C(OH)–C–C–N with tert-alkyl or cyclic N) is 1. The number of aliphatic hydroxyl groups is 1. The molecule has 0 aliphatic carbocycles. The van der Waals surface area contributed by atoms with Crippen molar-refractivity contribution in [1.82, 2.24) is 16.0 Å². The molecule has 0 aromatic heterocycles. The molecule has 0 unspecified atom stereocenters. The fourth-order valence-corrected chi connectivity index (χ4v) is 3.35. The van der Waals surface area contributed by atoms with Gasteiger partial charge in [-0.3, -0.25) is 0 Å². The van der Waals surface area contributed by atoms with Gasteiger partial charge in [0.2, 0.25) is 0 Å². The fourth-order valence-electron chi connectivity index (χ4n) is 2.40. The zero-order valence-corrected chi connectivity index (χ0v) is 13.9. The first-order chi connectivity index (χ1) is 11.2. The van der Waals surface area contributed by atoms with Crippen LogP contribution in [0, 0.1) is 5.82 Å². The number of carbonyl (C=O) groups is 1. The van der Waals surface area contributed by atoms with Crippen LogP contribution in [0.2, 0.25) is 0 Å². The van der Waals surface area contributed by atoms with Gasteiger partial charge < -0.3 is 21.1 Å². The number of benzene rings is 1. The molecule has 2 rings (SSSR count). The minimum absolute atomic E-state index is 0.168. The molecular weight excluding hydrogens is 317 g/mol. The van der Waals surface area contributed by atoms with E-state index in [1.54, 1.807) is 23.9 Å². The number of hydrogen-bond donors (Lipinski definition) is 4. The van der Waals surface area contributed by atoms with Gasteiger partial charge in [0.1, 0.15) is 5.82 Å². The van der Waals surface area contributed by atoms with Crippen LogP contribution in [0.15, 0.2) is 24.3 Å². The minimum Gasteiger partial charge on any atom is -0.390 e. The average Bonchev–Trinajstić information content (AvgIpc) is 2.54. The van der Waals surface area contributed by atoms with Gasteiger partial charge in [-0.1, -0.05) is 18.2 Å². The van der Waals surface area contributed by atoms with Crippen molar-refractivity contribution in [3.63, 3.8) is 0 Å². The first kappa shape index (κ1) is 18.0. The number of thioether (sulfide) groups is 1. The zero-order valence-electron chi connectivity index (χ0n) is 13.1. The highest BCUT2D eigenvalue weighted by molar-refractivity contribution is 7.98. The third kappa shape index (κ3) is 6.37. The van der Waals surface area contributed by atoms with Gasteiger partial charge in [0.25, 0.3) is 0 Å². The quantitative estimate of drug-likeness (QED) is 0.567. The number of carbonyl (C=O) groups excluding carboxylic acids is 1. The maximum Gasteiger partial charge on any atom is 0.315 e. The number of rotatable bonds is 7. The van der Waals surface area contributed by atoms with Crippen molar-refractivity contribution in [1.29, 1.82) is 0 Å². The van der Waals surface area contributed by atoms with Crippen LogP contribution in [0.4, 0.5) is 9.18 Å². The van der Waals surface area contributed by atoms with Crippen LogP contribution in [0.3, 0.4) is 0 Å². The Morgan fingerprint density at radius 2 is 2.26 bits per heavy atom. The highest BCUT2D eigenvalue weighted by Crippen LogP contribution is 2.15. The van der Waals surface area contributed by atoms with Crippen LogP contribution >= 0.6 is 11.8 Å². The van der Waals surface area contributed by atoms with Gasteiger partial charge in [0.15, 0.2) is 0 Å². The van der Waals surface area contributed by atoms with Crippen LogP contribution in [0.5, 0.6) is 0 Å². The van der Waals surface area contributed by atoms with Crippen LogP contribution in [-0.4, -0.2) is 48.7 Å². The van der Waals surface area contributed by atoms with Crippen molar-refractivity contribution in [3.05, 3.63) is 35.6 Å². The zero-order chi connectivity index (χ0) is 16.5. The minimum atomic E-state index is -0.536. The van der Waals surface area contributed by atoms with Gasteiger partial charge in [-0.2, -0.15) is 11.8 Å². The van der Waals surface area contributed by atoms with Crippen LogP contribution in [0.1, 0.15) is 18.4 Å². The molecule has 0 radical (unpaired) electrons. The molecule has 0 saturated carbocycles. The Bertz CT molecular complexity index is 504. The molecule has 2 atom stereocenters. The summed E-state index contributed by atoms with van der Waals surface area (Å²) in [5.41, 5.74) is 0.711. The van der Waals surface area contributed by atoms with E-state index in [-0.39, 0.29) is 17.9 Å². The molecule has 7 heteroatoms. The molecule has 1 heterocycles. The third-order valence-corrected chi connectivity index (χ3v) is 4.83. The van der Waals surface area contributed by atoms with E-state index in [1.807, 2.05) is 6.07 Å². The van der Waals surface area contributed by atoms with E-state index < -0.39 is 6.10 Å². The number of hydrogen-bond acceptors (Lipinski definition) is 4. The largest absolute Gasteiger partial charge is 0.390 e. The number of nitrogens with one attached hydrogen (secondary N) is 3. The number of halogens is 1. The van der Waals surface area contributed by atoms with Crippen molar-refractivity contribution in [3.8, 4) is 0 Å². The number of piperidine rings is 1. The number of aliphatic hydroxyl groups excluding tert-OH is 1. The second-order valence-electron chi connectivity index (χ2n) is 5.56. The molecule has 128 valence electrons. The molecule has 1 aromatic rings. The van der Waals surface area contributed by atoms with Crippen molar-refractivity contribution in [2.45, 2.75) is 30.7 Å². The van der Waals surface area contributed by atoms with Gasteiger partial charge in [-0.25, -0.2) is 9.18 Å². The second-order valence-corrected chi connectivity index (χ2v) is 6.67. The van der Waals surface area contributed by atoms with Crippen molar-refractivity contribution in [2.24, 2.45) is 0 Å². The molecule has 0 bridgehead atoms. The van der Waals surface area contributed by atoms with E-state index in [0.29, 0.717) is 24.4 Å². The van der Waals surface area contributed by atoms with E-state index in [2.05, 4.69) is 16.0 Å². The standard InChI is InChI=1S/C16H24FN3O2S/c17-13-5-2-1-4-12(13)11-23-9-3-7-19-16(22)20-14-6-8-18-10-15(14)21/h1-2,4-5,14-15,18,21H,3,6-11H2,(H2,19,20,22)/t14-,15-/m1/s1. The fraction of sp³-hybridized carbons (Fsp3) is 0.562. The van der Waals surface area contributed by atoms with Crippen molar-refractivity contribution >= 4 is 17.8 Å². The molecule has 1 aromatic carbocycles. The summed E-state index contributed by atoms with van der Waals surface area (Å²) in [5.74, 6) is 1.32. The topological polar surface area (TPSA) is 73.4 Å². The predicted molar refractivity (Wildman–Crippen MR) is 91.0 cm³/mol. The summed E-state index contributed by atoms with van der Waals surface area (Å²) in [5, 5.41) is 18.4. The summed E-state index contributed by atoms with van der Waals surface area (Å²) in [4.78, 5) is 11.7. The van der Waals surface area contributed by atoms with E-state index in [0.717, 1.165) is 25.1 Å². The summed E-state index contributed by atoms with van der Waals surface area (Å²) in [6.07, 6.45) is 1.01. The van der Waals surface area contributed by atoms with Crippen LogP contribution in [0.25, 0.3) is 0 Å². The maximum absolute atomic E-state index is 13.4. The lowest BCUT2D eigenvalue weighted by molar-refractivity contribution is 0.106. The van der Waals surface area contributed by atoms with Crippen molar-refractivity contribution < 1.29 is 14.3 Å². The smallest absolute Gasteiger partial charge is 0.315 e. The molecule has 23 heavy (non-hydrogen) atoms. The van der Waals surface area contributed by atoms with Crippen molar-refractivity contribution in [2.75, 3.05) is 25.4 Å². The SMILES string of the molecule is O=C(NCCCSCc1ccccc1F)N[C@@H]1CCNC[C@H]1O. The van der Waals surface area contributed by atoms with E-state index in [1.165, 1.54) is 6.07 Å². The first-order valence-electron chi connectivity index (χ1n) is 7.91. The summed E-state index contributed by atoms with van der Waals surface area (Å²) < 4.78 is 13.4. The van der Waals surface area contributed by atoms with E-state index in [4.69, 9.17) is 0 Å². The van der Waals surface area contributed by atoms with Gasteiger partial charge >= 0.3 is 6.03 Å². The molecule has 1 aliphatic rings. The van der Waals surface area contributed by atoms with E-state index >= 15 is 0 Å².